The molecule has 3 aromatic rings. The van der Waals surface area contributed by atoms with E-state index in [4.69, 9.17) is 11.6 Å². The van der Waals surface area contributed by atoms with Gasteiger partial charge in [-0.15, -0.1) is 22.7 Å². The first-order valence-corrected chi connectivity index (χ1v) is 8.46. The summed E-state index contributed by atoms with van der Waals surface area (Å²) in [6.45, 7) is 0.846. The van der Waals surface area contributed by atoms with Gasteiger partial charge in [-0.1, -0.05) is 48.0 Å². The summed E-state index contributed by atoms with van der Waals surface area (Å²) in [5, 5.41) is 5.74. The maximum absolute atomic E-state index is 6.08. The average molecular weight is 320 g/mol. The normalized spacial score (nSPS) is 12.4. The zero-order chi connectivity index (χ0) is 13.8. The van der Waals surface area contributed by atoms with Crippen LogP contribution in [0.15, 0.2) is 60.0 Å². The van der Waals surface area contributed by atoms with Gasteiger partial charge in [0.05, 0.1) is 10.4 Å². The number of halogens is 1. The molecule has 102 valence electrons. The van der Waals surface area contributed by atoms with Crippen molar-refractivity contribution < 1.29 is 0 Å². The van der Waals surface area contributed by atoms with Crippen LogP contribution in [0.3, 0.4) is 0 Å². The third kappa shape index (κ3) is 3.30. The predicted molar refractivity (Wildman–Crippen MR) is 88.8 cm³/mol. The maximum Gasteiger partial charge on any atom is 0.0931 e. The predicted octanol–water partition coefficient (Wildman–Crippen LogP) is 5.34. The Morgan fingerprint density at radius 2 is 1.80 bits per heavy atom. The quantitative estimate of drug-likeness (QED) is 0.669. The molecule has 2 heterocycles. The first-order valence-electron chi connectivity index (χ1n) is 6.39. The SMILES string of the molecule is Clc1ccc(C(NCc2ccccc2)c2cccs2)s1. The summed E-state index contributed by atoms with van der Waals surface area (Å²) < 4.78 is 0.836. The Morgan fingerprint density at radius 3 is 2.45 bits per heavy atom. The molecule has 0 radical (unpaired) electrons. The van der Waals surface area contributed by atoms with Gasteiger partial charge in [-0.05, 0) is 29.1 Å². The lowest BCUT2D eigenvalue weighted by molar-refractivity contribution is 0.621. The average Bonchev–Trinajstić information content (AvgIpc) is 3.13. The van der Waals surface area contributed by atoms with E-state index in [1.54, 1.807) is 22.7 Å². The van der Waals surface area contributed by atoms with Crippen LogP contribution in [0.4, 0.5) is 0 Å². The molecule has 0 saturated carbocycles. The summed E-state index contributed by atoms with van der Waals surface area (Å²) in [5.74, 6) is 0. The molecule has 0 aliphatic heterocycles. The van der Waals surface area contributed by atoms with Crippen LogP contribution in [-0.4, -0.2) is 0 Å². The van der Waals surface area contributed by atoms with Crippen LogP contribution in [0.2, 0.25) is 4.34 Å². The molecule has 1 aromatic carbocycles. The fraction of sp³-hybridized carbons (Fsp3) is 0.125. The third-order valence-corrected chi connectivity index (χ3v) is 5.29. The fourth-order valence-corrected chi connectivity index (χ4v) is 4.14. The van der Waals surface area contributed by atoms with Crippen molar-refractivity contribution in [1.82, 2.24) is 5.32 Å². The molecule has 0 fully saturated rings. The second-order valence-corrected chi connectivity index (χ2v) is 7.18. The highest BCUT2D eigenvalue weighted by Gasteiger charge is 2.16. The summed E-state index contributed by atoms with van der Waals surface area (Å²) in [4.78, 5) is 2.58. The molecule has 0 bridgehead atoms. The minimum atomic E-state index is 0.215. The number of rotatable bonds is 5. The Kier molecular flexibility index (Phi) is 4.53. The Hall–Kier alpha value is -1.13. The van der Waals surface area contributed by atoms with E-state index in [-0.39, 0.29) is 6.04 Å². The molecule has 0 saturated heterocycles. The molecule has 2 aromatic heterocycles. The summed E-state index contributed by atoms with van der Waals surface area (Å²) in [6, 6.07) is 19.0. The molecule has 1 N–H and O–H groups in total. The first kappa shape index (κ1) is 13.8. The van der Waals surface area contributed by atoms with Gasteiger partial charge in [-0.3, -0.25) is 0 Å². The van der Waals surface area contributed by atoms with Crippen molar-refractivity contribution >= 4 is 34.3 Å². The summed E-state index contributed by atoms with van der Waals surface area (Å²) in [5.41, 5.74) is 1.29. The van der Waals surface area contributed by atoms with Crippen molar-refractivity contribution in [2.75, 3.05) is 0 Å². The summed E-state index contributed by atoms with van der Waals surface area (Å²) in [6.07, 6.45) is 0. The Labute approximate surface area is 131 Å². The van der Waals surface area contributed by atoms with Gasteiger partial charge in [-0.25, -0.2) is 0 Å². The number of benzene rings is 1. The second kappa shape index (κ2) is 6.55. The third-order valence-electron chi connectivity index (χ3n) is 3.06. The van der Waals surface area contributed by atoms with Crippen LogP contribution in [0.25, 0.3) is 0 Å². The molecule has 0 aliphatic carbocycles. The van der Waals surface area contributed by atoms with Gasteiger partial charge in [0, 0.05) is 16.3 Å². The van der Waals surface area contributed by atoms with Crippen molar-refractivity contribution in [1.29, 1.82) is 0 Å². The largest absolute Gasteiger partial charge is 0.301 e. The van der Waals surface area contributed by atoms with Gasteiger partial charge in [0.25, 0.3) is 0 Å². The van der Waals surface area contributed by atoms with Crippen LogP contribution < -0.4 is 5.32 Å². The number of hydrogen-bond acceptors (Lipinski definition) is 3. The van der Waals surface area contributed by atoms with Crippen molar-refractivity contribution in [2.24, 2.45) is 0 Å². The topological polar surface area (TPSA) is 12.0 Å². The van der Waals surface area contributed by atoms with Gasteiger partial charge in [0.2, 0.25) is 0 Å². The van der Waals surface area contributed by atoms with E-state index in [0.717, 1.165) is 10.9 Å². The summed E-state index contributed by atoms with van der Waals surface area (Å²) in [7, 11) is 0. The minimum Gasteiger partial charge on any atom is -0.301 e. The standard InChI is InChI=1S/C16H14ClNS2/c17-15-9-8-14(20-15)16(13-7-4-10-19-13)18-11-12-5-2-1-3-6-12/h1-10,16,18H,11H2. The van der Waals surface area contributed by atoms with Gasteiger partial charge < -0.3 is 5.32 Å². The second-order valence-electron chi connectivity index (χ2n) is 4.46. The Bertz CT molecular complexity index is 646. The number of nitrogens with one attached hydrogen (secondary N) is 1. The lowest BCUT2D eigenvalue weighted by Gasteiger charge is -2.16. The molecule has 20 heavy (non-hydrogen) atoms. The molecule has 0 spiro atoms. The zero-order valence-electron chi connectivity index (χ0n) is 10.8. The molecule has 1 atom stereocenters. The minimum absolute atomic E-state index is 0.215. The fourth-order valence-electron chi connectivity index (χ4n) is 2.10. The highest BCUT2D eigenvalue weighted by atomic mass is 35.5. The van der Waals surface area contributed by atoms with E-state index in [0.29, 0.717) is 0 Å². The molecule has 1 nitrogen and oxygen atoms in total. The van der Waals surface area contributed by atoms with Gasteiger partial charge >= 0.3 is 0 Å². The van der Waals surface area contributed by atoms with E-state index in [2.05, 4.69) is 53.2 Å². The zero-order valence-corrected chi connectivity index (χ0v) is 13.1. The first-order chi connectivity index (χ1) is 9.83. The van der Waals surface area contributed by atoms with Crippen LogP contribution in [-0.2, 0) is 6.54 Å². The van der Waals surface area contributed by atoms with E-state index >= 15 is 0 Å². The lowest BCUT2D eigenvalue weighted by atomic mass is 10.1. The summed E-state index contributed by atoms with van der Waals surface area (Å²) >= 11 is 9.49. The van der Waals surface area contributed by atoms with E-state index in [9.17, 15) is 0 Å². The van der Waals surface area contributed by atoms with Gasteiger partial charge in [-0.2, -0.15) is 0 Å². The Balaban J connectivity index is 1.80. The lowest BCUT2D eigenvalue weighted by Crippen LogP contribution is -2.20. The van der Waals surface area contributed by atoms with E-state index in [1.165, 1.54) is 15.3 Å². The smallest absolute Gasteiger partial charge is 0.0931 e. The van der Waals surface area contributed by atoms with Crippen LogP contribution in [0.5, 0.6) is 0 Å². The van der Waals surface area contributed by atoms with Crippen molar-refractivity contribution in [3.63, 3.8) is 0 Å². The van der Waals surface area contributed by atoms with E-state index < -0.39 is 0 Å². The molecule has 3 rings (SSSR count). The Morgan fingerprint density at radius 1 is 0.950 bits per heavy atom. The molecular weight excluding hydrogens is 306 g/mol. The van der Waals surface area contributed by atoms with Crippen molar-refractivity contribution in [2.45, 2.75) is 12.6 Å². The van der Waals surface area contributed by atoms with E-state index in [1.807, 2.05) is 12.1 Å². The molecule has 0 amide bonds. The van der Waals surface area contributed by atoms with Crippen LogP contribution in [0.1, 0.15) is 21.4 Å². The van der Waals surface area contributed by atoms with Crippen LogP contribution >= 0.6 is 34.3 Å². The van der Waals surface area contributed by atoms with Crippen LogP contribution in [0, 0.1) is 0 Å². The maximum atomic E-state index is 6.08. The number of thiophene rings is 2. The molecular formula is C16H14ClNS2. The highest BCUT2D eigenvalue weighted by molar-refractivity contribution is 7.16. The van der Waals surface area contributed by atoms with Gasteiger partial charge in [0.1, 0.15) is 0 Å². The molecule has 1 unspecified atom stereocenters. The van der Waals surface area contributed by atoms with Gasteiger partial charge in [0.15, 0.2) is 0 Å². The monoisotopic (exact) mass is 319 g/mol. The molecule has 4 heteroatoms. The molecule has 0 aliphatic rings. The van der Waals surface area contributed by atoms with Crippen molar-refractivity contribution in [3.05, 3.63) is 79.6 Å². The number of hydrogen-bond donors (Lipinski definition) is 1. The highest BCUT2D eigenvalue weighted by Crippen LogP contribution is 2.33. The van der Waals surface area contributed by atoms with Crippen molar-refractivity contribution in [3.8, 4) is 0 Å².